The molecule has 0 saturated carbocycles. The summed E-state index contributed by atoms with van der Waals surface area (Å²) in [6.45, 7) is -0.748. The molecule has 0 spiro atoms. The van der Waals surface area contributed by atoms with Gasteiger partial charge in [0.2, 0.25) is 0 Å². The summed E-state index contributed by atoms with van der Waals surface area (Å²) in [5.74, 6) is 0.273. The summed E-state index contributed by atoms with van der Waals surface area (Å²) in [6, 6.07) is 12.1. The Kier molecular flexibility index (Phi) is 5.92. The van der Waals surface area contributed by atoms with Gasteiger partial charge in [0.1, 0.15) is 5.82 Å². The van der Waals surface area contributed by atoms with Gasteiger partial charge in [-0.05, 0) is 37.1 Å². The molecule has 2 aromatic heterocycles. The molecule has 3 aromatic rings. The zero-order chi connectivity index (χ0) is 21.8. The van der Waals surface area contributed by atoms with Crippen LogP contribution in [0.4, 0.5) is 30.8 Å². The Hall–Kier alpha value is -3.75. The number of carbonyl (C=O) groups is 2. The molecule has 0 aliphatic heterocycles. The Morgan fingerprint density at radius 1 is 1.16 bits per heavy atom. The highest BCUT2D eigenvalue weighted by Gasteiger charge is 2.27. The molecule has 7 nitrogen and oxygen atoms in total. The number of rotatable bonds is 6. The molecule has 9 heteroatoms. The molecule has 2 amide bonds. The van der Waals surface area contributed by atoms with Crippen molar-refractivity contribution in [3.63, 3.8) is 0 Å². The van der Waals surface area contributed by atoms with E-state index < -0.39 is 19.0 Å². The van der Waals surface area contributed by atoms with E-state index in [4.69, 9.17) is 0 Å². The number of H-pyrrole nitrogens is 1. The second kappa shape index (κ2) is 8.95. The number of hydrogen-bond acceptors (Lipinski definition) is 4. The molecule has 1 aliphatic rings. The number of nitrogens with one attached hydrogen (secondary N) is 4. The summed E-state index contributed by atoms with van der Waals surface area (Å²) in [4.78, 5) is 31.9. The maximum absolute atomic E-state index is 12.7. The highest BCUT2D eigenvalue weighted by molar-refractivity contribution is 6.07. The summed E-state index contributed by atoms with van der Waals surface area (Å²) in [5.41, 5.74) is 4.41. The number of aromatic nitrogens is 2. The van der Waals surface area contributed by atoms with Crippen molar-refractivity contribution in [2.24, 2.45) is 0 Å². The lowest BCUT2D eigenvalue weighted by Crippen LogP contribution is -2.32. The lowest BCUT2D eigenvalue weighted by Gasteiger charge is -2.14. The number of para-hydroxylation sites is 1. The molecule has 2 heterocycles. The molecular weight excluding hydrogens is 404 g/mol. The fourth-order valence-electron chi connectivity index (χ4n) is 3.59. The maximum Gasteiger partial charge on any atom is 0.320 e. The number of aromatic amines is 1. The Morgan fingerprint density at radius 3 is 2.74 bits per heavy atom. The highest BCUT2D eigenvalue weighted by atomic mass is 19.3. The van der Waals surface area contributed by atoms with Crippen LogP contribution in [-0.4, -0.2) is 34.8 Å². The topological polar surface area (TPSA) is 98.9 Å². The largest absolute Gasteiger partial charge is 0.356 e. The molecule has 0 saturated heterocycles. The summed E-state index contributed by atoms with van der Waals surface area (Å²) < 4.78 is 24.6. The first-order valence-corrected chi connectivity index (χ1v) is 9.91. The van der Waals surface area contributed by atoms with Crippen LogP contribution in [0.1, 0.15) is 28.9 Å². The second-order valence-electron chi connectivity index (χ2n) is 7.15. The maximum atomic E-state index is 12.7. The third kappa shape index (κ3) is 4.71. The molecule has 31 heavy (non-hydrogen) atoms. The molecule has 0 radical (unpaired) electrons. The fraction of sp³-hybridized carbons (Fsp3) is 0.227. The number of alkyl halides is 2. The van der Waals surface area contributed by atoms with E-state index >= 15 is 0 Å². The lowest BCUT2D eigenvalue weighted by atomic mass is 9.95. The number of anilines is 3. The molecule has 160 valence electrons. The predicted octanol–water partition coefficient (Wildman–Crippen LogP) is 4.73. The number of carbonyl (C=O) groups excluding carboxylic acids is 2. The molecule has 1 aromatic carbocycles. The normalized spacial score (nSPS) is 13.1. The Morgan fingerprint density at radius 2 is 1.97 bits per heavy atom. The smallest absolute Gasteiger partial charge is 0.320 e. The lowest BCUT2D eigenvalue weighted by molar-refractivity contribution is 0.0973. The van der Waals surface area contributed by atoms with Crippen LogP contribution in [0.25, 0.3) is 11.3 Å². The van der Waals surface area contributed by atoms with Gasteiger partial charge >= 0.3 is 6.03 Å². The first-order chi connectivity index (χ1) is 15.0. The average molecular weight is 425 g/mol. The number of halogens is 2. The molecular formula is C22H21F2N5O2. The van der Waals surface area contributed by atoms with E-state index in [0.29, 0.717) is 28.9 Å². The fourth-order valence-corrected chi connectivity index (χ4v) is 3.59. The van der Waals surface area contributed by atoms with E-state index in [1.54, 1.807) is 12.1 Å². The van der Waals surface area contributed by atoms with Gasteiger partial charge in [-0.1, -0.05) is 18.2 Å². The van der Waals surface area contributed by atoms with Crippen LogP contribution in [0.3, 0.4) is 0 Å². The van der Waals surface area contributed by atoms with Crippen LogP contribution < -0.4 is 16.0 Å². The van der Waals surface area contributed by atoms with Gasteiger partial charge in [0.15, 0.2) is 5.78 Å². The van der Waals surface area contributed by atoms with Gasteiger partial charge in [-0.2, -0.15) is 0 Å². The van der Waals surface area contributed by atoms with Gasteiger partial charge in [-0.15, -0.1) is 0 Å². The molecule has 0 fully saturated rings. The van der Waals surface area contributed by atoms with Crippen molar-refractivity contribution in [2.45, 2.75) is 25.7 Å². The number of fused-ring (bicyclic) bond motifs is 1. The molecule has 0 bridgehead atoms. The van der Waals surface area contributed by atoms with Gasteiger partial charge in [-0.3, -0.25) is 10.1 Å². The molecule has 1 aliphatic carbocycles. The zero-order valence-corrected chi connectivity index (χ0v) is 16.5. The van der Waals surface area contributed by atoms with Crippen LogP contribution in [0.5, 0.6) is 0 Å². The Balaban J connectivity index is 1.68. The van der Waals surface area contributed by atoms with Crippen molar-refractivity contribution in [1.29, 1.82) is 0 Å². The van der Waals surface area contributed by atoms with Crippen molar-refractivity contribution >= 4 is 29.0 Å². The SMILES string of the molecule is O=C(NCC(F)F)Nc1cc(-c2[nH]c3c(c2Nc2ccccc2)C(=O)CCC3)ccn1. The number of amides is 2. The number of urea groups is 1. The number of ketones is 1. The van der Waals surface area contributed by atoms with Crippen LogP contribution >= 0.6 is 0 Å². The van der Waals surface area contributed by atoms with Gasteiger partial charge in [0.25, 0.3) is 6.43 Å². The summed E-state index contributed by atoms with van der Waals surface area (Å²) in [7, 11) is 0. The average Bonchev–Trinajstić information content (AvgIpc) is 3.13. The summed E-state index contributed by atoms with van der Waals surface area (Å²) in [6.07, 6.45) is 0.896. The predicted molar refractivity (Wildman–Crippen MR) is 114 cm³/mol. The van der Waals surface area contributed by atoms with Crippen molar-refractivity contribution in [1.82, 2.24) is 15.3 Å². The second-order valence-corrected chi connectivity index (χ2v) is 7.15. The minimum atomic E-state index is -2.64. The number of aryl methyl sites for hydroxylation is 1. The highest BCUT2D eigenvalue weighted by Crippen LogP contribution is 2.39. The molecule has 0 atom stereocenters. The van der Waals surface area contributed by atoms with Crippen LogP contribution in [0.15, 0.2) is 48.7 Å². The van der Waals surface area contributed by atoms with Crippen LogP contribution in [-0.2, 0) is 6.42 Å². The first kappa shape index (κ1) is 20.5. The molecule has 4 rings (SSSR count). The quantitative estimate of drug-likeness (QED) is 0.459. The van der Waals surface area contributed by atoms with Gasteiger partial charge in [0.05, 0.1) is 23.5 Å². The minimum absolute atomic E-state index is 0.0703. The van der Waals surface area contributed by atoms with E-state index in [2.05, 4.69) is 25.9 Å². The van der Waals surface area contributed by atoms with Crippen LogP contribution in [0.2, 0.25) is 0 Å². The van der Waals surface area contributed by atoms with Crippen molar-refractivity contribution < 1.29 is 18.4 Å². The van der Waals surface area contributed by atoms with Gasteiger partial charge in [0, 0.05) is 29.6 Å². The third-order valence-corrected chi connectivity index (χ3v) is 4.94. The number of pyridine rings is 1. The van der Waals surface area contributed by atoms with Crippen molar-refractivity contribution in [2.75, 3.05) is 17.2 Å². The number of hydrogen-bond donors (Lipinski definition) is 4. The monoisotopic (exact) mass is 425 g/mol. The molecule has 0 unspecified atom stereocenters. The van der Waals surface area contributed by atoms with Gasteiger partial charge < -0.3 is 15.6 Å². The van der Waals surface area contributed by atoms with Crippen molar-refractivity contribution in [3.05, 3.63) is 59.9 Å². The summed E-state index contributed by atoms with van der Waals surface area (Å²) >= 11 is 0. The van der Waals surface area contributed by atoms with E-state index in [0.717, 1.165) is 24.2 Å². The number of benzene rings is 1. The van der Waals surface area contributed by atoms with E-state index in [1.807, 2.05) is 30.3 Å². The minimum Gasteiger partial charge on any atom is -0.356 e. The number of nitrogens with zero attached hydrogens (tertiary/aromatic N) is 1. The van der Waals surface area contributed by atoms with Crippen molar-refractivity contribution in [3.8, 4) is 11.3 Å². The Bertz CT molecular complexity index is 1100. The third-order valence-electron chi connectivity index (χ3n) is 4.94. The van der Waals surface area contributed by atoms with E-state index in [1.165, 1.54) is 6.20 Å². The van der Waals surface area contributed by atoms with Gasteiger partial charge in [-0.25, -0.2) is 18.6 Å². The first-order valence-electron chi connectivity index (χ1n) is 9.91. The number of Topliss-reactive ketones (excluding diaryl/α,β-unsaturated/α-hetero) is 1. The van der Waals surface area contributed by atoms with E-state index in [9.17, 15) is 18.4 Å². The summed E-state index contributed by atoms with van der Waals surface area (Å²) in [5, 5.41) is 7.87. The molecule has 4 N–H and O–H groups in total. The Labute approximate surface area is 177 Å². The van der Waals surface area contributed by atoms with E-state index in [-0.39, 0.29) is 11.6 Å². The standard InChI is InChI=1S/C22H21F2N5O2/c23-17(24)12-26-22(31)29-18-11-13(9-10-25-18)20-21(27-14-5-2-1-3-6-14)19-15(28-20)7-4-8-16(19)30/h1-3,5-6,9-11,17,27-28H,4,7-8,12H2,(H2,25,26,29,31). The zero-order valence-electron chi connectivity index (χ0n) is 16.5. The van der Waals surface area contributed by atoms with Crippen LogP contribution in [0, 0.1) is 0 Å².